The minimum absolute atomic E-state index is 0.0909. The average molecular weight is 341 g/mol. The van der Waals surface area contributed by atoms with Gasteiger partial charge in [-0.25, -0.2) is 0 Å². The molecule has 0 saturated heterocycles. The van der Waals surface area contributed by atoms with Crippen LogP contribution in [0.5, 0.6) is 11.5 Å². The van der Waals surface area contributed by atoms with Gasteiger partial charge in [-0.2, -0.15) is 8.42 Å². The second-order valence-electron chi connectivity index (χ2n) is 4.41. The van der Waals surface area contributed by atoms with Crippen LogP contribution in [0.2, 0.25) is 5.02 Å². The van der Waals surface area contributed by atoms with Crippen LogP contribution in [0, 0.1) is 0 Å². The molecule has 0 atom stereocenters. The van der Waals surface area contributed by atoms with E-state index in [0.717, 1.165) is 0 Å². The summed E-state index contributed by atoms with van der Waals surface area (Å²) >= 11 is 5.79. The first-order chi connectivity index (χ1) is 10.3. The highest BCUT2D eigenvalue weighted by Crippen LogP contribution is 2.28. The lowest BCUT2D eigenvalue weighted by Crippen LogP contribution is -2.12. The Balaban J connectivity index is 2.47. The van der Waals surface area contributed by atoms with E-state index in [2.05, 4.69) is 0 Å². The van der Waals surface area contributed by atoms with Crippen molar-refractivity contribution < 1.29 is 22.1 Å². The lowest BCUT2D eigenvalue weighted by Gasteiger charge is -2.11. The molecule has 116 valence electrons. The minimum Gasteiger partial charge on any atom is -0.497 e. The Morgan fingerprint density at radius 2 is 1.86 bits per heavy atom. The van der Waals surface area contributed by atoms with Gasteiger partial charge in [-0.3, -0.25) is 4.79 Å². The summed E-state index contributed by atoms with van der Waals surface area (Å²) in [5.41, 5.74) is 0.145. The normalized spacial score (nSPS) is 11.0. The zero-order chi connectivity index (χ0) is 16.3. The van der Waals surface area contributed by atoms with E-state index in [1.807, 2.05) is 0 Å². The van der Waals surface area contributed by atoms with Gasteiger partial charge in [0.05, 0.1) is 12.7 Å². The average Bonchev–Trinajstić information content (AvgIpc) is 2.46. The molecule has 0 saturated carbocycles. The lowest BCUT2D eigenvalue weighted by molar-refractivity contribution is 0.101. The Bertz CT molecular complexity index is 814. The summed E-state index contributed by atoms with van der Waals surface area (Å²) in [6.07, 6.45) is 0. The highest BCUT2D eigenvalue weighted by Gasteiger charge is 2.20. The van der Waals surface area contributed by atoms with Gasteiger partial charge in [0.25, 0.3) is 0 Å². The molecule has 0 aliphatic rings. The van der Waals surface area contributed by atoms with Crippen LogP contribution >= 0.6 is 11.6 Å². The van der Waals surface area contributed by atoms with Gasteiger partial charge in [0, 0.05) is 11.1 Å². The number of Topliss-reactive ketones (excluding diaryl/α,β-unsaturated/α-hetero) is 1. The number of halogens is 1. The first kappa shape index (κ1) is 16.3. The first-order valence-electron chi connectivity index (χ1n) is 6.22. The fourth-order valence-electron chi connectivity index (χ4n) is 1.78. The van der Waals surface area contributed by atoms with Gasteiger partial charge in [0.2, 0.25) is 0 Å². The summed E-state index contributed by atoms with van der Waals surface area (Å²) in [6.45, 7) is 1.32. The highest BCUT2D eigenvalue weighted by atomic mass is 35.5. The highest BCUT2D eigenvalue weighted by molar-refractivity contribution is 7.87. The van der Waals surface area contributed by atoms with E-state index in [1.54, 1.807) is 12.1 Å². The SMILES string of the molecule is COc1ccc(C(C)=O)c(OS(=O)(=O)c2cccc(Cl)c2)c1. The Morgan fingerprint density at radius 3 is 2.45 bits per heavy atom. The molecule has 0 fully saturated rings. The second kappa shape index (κ2) is 6.37. The molecule has 5 nitrogen and oxygen atoms in total. The van der Waals surface area contributed by atoms with E-state index < -0.39 is 10.1 Å². The molecule has 0 N–H and O–H groups in total. The Labute approximate surface area is 133 Å². The van der Waals surface area contributed by atoms with Crippen LogP contribution < -0.4 is 8.92 Å². The Kier molecular flexibility index (Phi) is 4.73. The molecule has 0 radical (unpaired) electrons. The predicted octanol–water partition coefficient (Wildman–Crippen LogP) is 3.32. The quantitative estimate of drug-likeness (QED) is 0.617. The van der Waals surface area contributed by atoms with Gasteiger partial charge < -0.3 is 8.92 Å². The molecule has 0 bridgehead atoms. The number of rotatable bonds is 5. The fraction of sp³-hybridized carbons (Fsp3) is 0.133. The fourth-order valence-corrected chi connectivity index (χ4v) is 3.02. The van der Waals surface area contributed by atoms with Crippen molar-refractivity contribution in [2.45, 2.75) is 11.8 Å². The van der Waals surface area contributed by atoms with Gasteiger partial charge in [-0.15, -0.1) is 0 Å². The van der Waals surface area contributed by atoms with Gasteiger partial charge >= 0.3 is 10.1 Å². The summed E-state index contributed by atoms with van der Waals surface area (Å²) in [5.74, 6) is -0.0351. The molecule has 0 amide bonds. The van der Waals surface area contributed by atoms with Crippen molar-refractivity contribution in [1.82, 2.24) is 0 Å². The van der Waals surface area contributed by atoms with Gasteiger partial charge in [0.1, 0.15) is 10.6 Å². The number of ether oxygens (including phenoxy) is 1. The number of ketones is 1. The van der Waals surface area contributed by atoms with Crippen LogP contribution in [0.3, 0.4) is 0 Å². The van der Waals surface area contributed by atoms with Crippen LogP contribution in [-0.2, 0) is 10.1 Å². The maximum Gasteiger partial charge on any atom is 0.339 e. The Morgan fingerprint density at radius 1 is 1.14 bits per heavy atom. The van der Waals surface area contributed by atoms with Crippen molar-refractivity contribution in [1.29, 1.82) is 0 Å². The van der Waals surface area contributed by atoms with E-state index in [9.17, 15) is 13.2 Å². The monoisotopic (exact) mass is 340 g/mol. The van der Waals surface area contributed by atoms with E-state index in [-0.39, 0.29) is 27.0 Å². The lowest BCUT2D eigenvalue weighted by atomic mass is 10.1. The molecule has 0 heterocycles. The molecular weight excluding hydrogens is 328 g/mol. The van der Waals surface area contributed by atoms with Gasteiger partial charge in [-0.05, 0) is 37.3 Å². The number of methoxy groups -OCH3 is 1. The molecule has 0 aliphatic heterocycles. The molecule has 0 unspecified atom stereocenters. The number of hydrogen-bond acceptors (Lipinski definition) is 5. The zero-order valence-electron chi connectivity index (χ0n) is 11.9. The smallest absolute Gasteiger partial charge is 0.339 e. The minimum atomic E-state index is -4.11. The van der Waals surface area contributed by atoms with E-state index >= 15 is 0 Å². The van der Waals surface area contributed by atoms with Crippen molar-refractivity contribution in [2.24, 2.45) is 0 Å². The van der Waals surface area contributed by atoms with Crippen molar-refractivity contribution in [3.8, 4) is 11.5 Å². The van der Waals surface area contributed by atoms with Crippen LogP contribution in [0.25, 0.3) is 0 Å². The summed E-state index contributed by atoms with van der Waals surface area (Å²) in [6, 6.07) is 10.0. The third-order valence-electron chi connectivity index (χ3n) is 2.85. The first-order valence-corrected chi connectivity index (χ1v) is 8.01. The van der Waals surface area contributed by atoms with Crippen LogP contribution in [0.15, 0.2) is 47.4 Å². The largest absolute Gasteiger partial charge is 0.497 e. The van der Waals surface area contributed by atoms with Crippen molar-refractivity contribution in [3.63, 3.8) is 0 Å². The Hall–Kier alpha value is -2.05. The number of benzene rings is 2. The van der Waals surface area contributed by atoms with E-state index in [0.29, 0.717) is 5.75 Å². The summed E-state index contributed by atoms with van der Waals surface area (Å²) < 4.78 is 34.7. The summed E-state index contributed by atoms with van der Waals surface area (Å²) in [4.78, 5) is 11.5. The maximum atomic E-state index is 12.3. The second-order valence-corrected chi connectivity index (χ2v) is 6.40. The topological polar surface area (TPSA) is 69.7 Å². The molecule has 7 heteroatoms. The van der Waals surface area contributed by atoms with E-state index in [4.69, 9.17) is 20.5 Å². The third-order valence-corrected chi connectivity index (χ3v) is 4.32. The van der Waals surface area contributed by atoms with E-state index in [1.165, 1.54) is 44.4 Å². The zero-order valence-corrected chi connectivity index (χ0v) is 13.4. The maximum absolute atomic E-state index is 12.3. The predicted molar refractivity (Wildman–Crippen MR) is 82.3 cm³/mol. The molecular formula is C15H13ClO5S. The van der Waals surface area contributed by atoms with Crippen molar-refractivity contribution >= 4 is 27.5 Å². The number of carbonyl (C=O) groups is 1. The summed E-state index contributed by atoms with van der Waals surface area (Å²) in [5, 5.41) is 0.266. The van der Waals surface area contributed by atoms with Crippen molar-refractivity contribution in [2.75, 3.05) is 7.11 Å². The van der Waals surface area contributed by atoms with Gasteiger partial charge in [0.15, 0.2) is 11.5 Å². The van der Waals surface area contributed by atoms with Crippen LogP contribution in [0.1, 0.15) is 17.3 Å². The number of carbonyl (C=O) groups excluding carboxylic acids is 1. The van der Waals surface area contributed by atoms with Gasteiger partial charge in [-0.1, -0.05) is 17.7 Å². The summed E-state index contributed by atoms with van der Waals surface area (Å²) in [7, 11) is -2.68. The van der Waals surface area contributed by atoms with Crippen LogP contribution in [0.4, 0.5) is 0 Å². The molecule has 2 aromatic rings. The molecule has 0 aliphatic carbocycles. The number of hydrogen-bond donors (Lipinski definition) is 0. The molecule has 0 spiro atoms. The molecule has 0 aromatic heterocycles. The van der Waals surface area contributed by atoms with Crippen molar-refractivity contribution in [3.05, 3.63) is 53.1 Å². The molecule has 2 aromatic carbocycles. The third kappa shape index (κ3) is 3.58. The molecule has 22 heavy (non-hydrogen) atoms. The standard InChI is InChI=1S/C15H13ClO5S/c1-10(17)14-7-6-12(20-2)9-15(14)21-22(18,19)13-5-3-4-11(16)8-13/h3-9H,1-2H3. The van der Waals surface area contributed by atoms with Crippen LogP contribution in [-0.4, -0.2) is 21.3 Å². The molecule has 2 rings (SSSR count).